The second-order valence-corrected chi connectivity index (χ2v) is 3.15. The van der Waals surface area contributed by atoms with Crippen molar-refractivity contribution in [3.8, 4) is 0 Å². The summed E-state index contributed by atoms with van der Waals surface area (Å²) in [6.07, 6.45) is 1.38. The molecular weight excluding hydrogens is 212 g/mol. The third-order valence-electron chi connectivity index (χ3n) is 1.93. The van der Waals surface area contributed by atoms with Gasteiger partial charge in [-0.2, -0.15) is 0 Å². The molecule has 1 unspecified atom stereocenters. The van der Waals surface area contributed by atoms with Gasteiger partial charge in [-0.05, 0) is 19.1 Å². The summed E-state index contributed by atoms with van der Waals surface area (Å²) in [5.41, 5.74) is 0. The van der Waals surface area contributed by atoms with E-state index in [1.807, 2.05) is 0 Å². The summed E-state index contributed by atoms with van der Waals surface area (Å²) in [5.74, 6) is 0.264. The topological polar surface area (TPSA) is 57.9 Å². The van der Waals surface area contributed by atoms with Crippen LogP contribution in [-0.2, 0) is 25.4 Å². The van der Waals surface area contributed by atoms with Crippen LogP contribution in [0.1, 0.15) is 12.7 Å². The Bertz CT molecular complexity index is 293. The van der Waals surface area contributed by atoms with Crippen LogP contribution in [0.3, 0.4) is 0 Å². The van der Waals surface area contributed by atoms with E-state index in [0.717, 1.165) is 0 Å². The lowest BCUT2D eigenvalue weighted by atomic mass is 10.3. The van der Waals surface area contributed by atoms with E-state index in [-0.39, 0.29) is 25.3 Å². The van der Waals surface area contributed by atoms with Crippen LogP contribution in [0.4, 0.5) is 0 Å². The van der Waals surface area contributed by atoms with Gasteiger partial charge in [-0.3, -0.25) is 4.79 Å². The van der Waals surface area contributed by atoms with Crippen molar-refractivity contribution in [2.45, 2.75) is 19.6 Å². The minimum Gasteiger partial charge on any atom is -0.469 e. The first-order chi connectivity index (χ1) is 7.72. The lowest BCUT2D eigenvalue weighted by molar-refractivity contribution is -0.151. The molecule has 0 aliphatic carbocycles. The Morgan fingerprint density at radius 2 is 2.31 bits per heavy atom. The van der Waals surface area contributed by atoms with Crippen LogP contribution in [-0.4, -0.2) is 32.6 Å². The fourth-order valence-corrected chi connectivity index (χ4v) is 1.04. The van der Waals surface area contributed by atoms with Crippen molar-refractivity contribution in [3.05, 3.63) is 24.2 Å². The summed E-state index contributed by atoms with van der Waals surface area (Å²) >= 11 is 0. The number of esters is 1. The van der Waals surface area contributed by atoms with Crippen LogP contribution in [0, 0.1) is 0 Å². The van der Waals surface area contributed by atoms with Gasteiger partial charge in [0.2, 0.25) is 0 Å². The summed E-state index contributed by atoms with van der Waals surface area (Å²) in [6.45, 7) is 2.30. The largest absolute Gasteiger partial charge is 0.469 e. The van der Waals surface area contributed by atoms with Crippen LogP contribution >= 0.6 is 0 Å². The minimum absolute atomic E-state index is 0.146. The smallest absolute Gasteiger partial charge is 0.313 e. The Labute approximate surface area is 94.3 Å². The quantitative estimate of drug-likeness (QED) is 0.401. The summed E-state index contributed by atoms with van der Waals surface area (Å²) in [4.78, 5) is 11.3. The number of hydrogen-bond acceptors (Lipinski definition) is 5. The van der Waals surface area contributed by atoms with Gasteiger partial charge < -0.3 is 18.6 Å². The SMILES string of the molecule is COC(C)OCCOC(=O)Cc1ccco1. The zero-order valence-electron chi connectivity index (χ0n) is 9.47. The Hall–Kier alpha value is -1.33. The van der Waals surface area contributed by atoms with Gasteiger partial charge in [0.1, 0.15) is 18.8 Å². The van der Waals surface area contributed by atoms with E-state index in [0.29, 0.717) is 12.4 Å². The molecule has 0 aliphatic rings. The molecular formula is C11H16O5. The average Bonchev–Trinajstić information content (AvgIpc) is 2.76. The van der Waals surface area contributed by atoms with Crippen LogP contribution in [0.15, 0.2) is 22.8 Å². The molecule has 1 heterocycles. The Morgan fingerprint density at radius 1 is 1.50 bits per heavy atom. The third kappa shape index (κ3) is 4.95. The highest BCUT2D eigenvalue weighted by Crippen LogP contribution is 2.02. The molecule has 0 amide bonds. The van der Waals surface area contributed by atoms with Gasteiger partial charge in [-0.25, -0.2) is 0 Å². The van der Waals surface area contributed by atoms with Crippen LogP contribution in [0.5, 0.6) is 0 Å². The standard InChI is InChI=1S/C11H16O5/c1-9(13-2)14-6-7-16-11(12)8-10-4-3-5-15-10/h3-5,9H,6-8H2,1-2H3. The van der Waals surface area contributed by atoms with Gasteiger partial charge in [0.05, 0.1) is 12.9 Å². The maximum atomic E-state index is 11.3. The molecule has 1 atom stereocenters. The maximum Gasteiger partial charge on any atom is 0.313 e. The maximum absolute atomic E-state index is 11.3. The molecule has 0 radical (unpaired) electrons. The first kappa shape index (κ1) is 12.7. The number of carbonyl (C=O) groups excluding carboxylic acids is 1. The van der Waals surface area contributed by atoms with Crippen LogP contribution < -0.4 is 0 Å². The highest BCUT2D eigenvalue weighted by molar-refractivity contribution is 5.71. The molecule has 1 aromatic heterocycles. The molecule has 0 fully saturated rings. The number of rotatable bonds is 7. The van der Waals surface area contributed by atoms with Crippen molar-refractivity contribution in [1.82, 2.24) is 0 Å². The lowest BCUT2D eigenvalue weighted by Gasteiger charge is -2.10. The minimum atomic E-state index is -0.330. The van der Waals surface area contributed by atoms with Gasteiger partial charge in [-0.1, -0.05) is 0 Å². The van der Waals surface area contributed by atoms with E-state index < -0.39 is 0 Å². The predicted octanol–water partition coefficient (Wildman–Crippen LogP) is 1.37. The van der Waals surface area contributed by atoms with E-state index in [1.54, 1.807) is 26.2 Å². The van der Waals surface area contributed by atoms with Crippen molar-refractivity contribution in [1.29, 1.82) is 0 Å². The highest BCUT2D eigenvalue weighted by Gasteiger charge is 2.07. The number of ether oxygens (including phenoxy) is 3. The summed E-state index contributed by atoms with van der Waals surface area (Å²) in [5, 5.41) is 0. The van der Waals surface area contributed by atoms with Crippen molar-refractivity contribution < 1.29 is 23.4 Å². The molecule has 16 heavy (non-hydrogen) atoms. The molecule has 0 saturated carbocycles. The zero-order chi connectivity index (χ0) is 11.8. The first-order valence-electron chi connectivity index (χ1n) is 5.04. The fraction of sp³-hybridized carbons (Fsp3) is 0.545. The number of methoxy groups -OCH3 is 1. The Balaban J connectivity index is 2.07. The molecule has 0 saturated heterocycles. The van der Waals surface area contributed by atoms with E-state index >= 15 is 0 Å². The molecule has 5 nitrogen and oxygen atoms in total. The molecule has 0 N–H and O–H groups in total. The van der Waals surface area contributed by atoms with Crippen molar-refractivity contribution in [2.75, 3.05) is 20.3 Å². The van der Waals surface area contributed by atoms with Gasteiger partial charge in [0, 0.05) is 7.11 Å². The van der Waals surface area contributed by atoms with Gasteiger partial charge in [-0.15, -0.1) is 0 Å². The summed E-state index contributed by atoms with van der Waals surface area (Å²) < 4.78 is 20.0. The summed E-state index contributed by atoms with van der Waals surface area (Å²) in [6, 6.07) is 3.46. The van der Waals surface area contributed by atoms with Gasteiger partial charge >= 0.3 is 5.97 Å². The van der Waals surface area contributed by atoms with Crippen molar-refractivity contribution >= 4 is 5.97 Å². The lowest BCUT2D eigenvalue weighted by Crippen LogP contribution is -2.17. The summed E-state index contributed by atoms with van der Waals surface area (Å²) in [7, 11) is 1.55. The van der Waals surface area contributed by atoms with E-state index in [2.05, 4.69) is 0 Å². The molecule has 1 aromatic rings. The van der Waals surface area contributed by atoms with E-state index in [9.17, 15) is 4.79 Å². The average molecular weight is 228 g/mol. The van der Waals surface area contributed by atoms with E-state index in [1.165, 1.54) is 6.26 Å². The second kappa shape index (κ2) is 7.03. The Kier molecular flexibility index (Phi) is 5.60. The molecule has 0 spiro atoms. The van der Waals surface area contributed by atoms with Crippen molar-refractivity contribution in [2.24, 2.45) is 0 Å². The molecule has 5 heteroatoms. The van der Waals surface area contributed by atoms with Crippen LogP contribution in [0.2, 0.25) is 0 Å². The predicted molar refractivity (Wildman–Crippen MR) is 55.8 cm³/mol. The van der Waals surface area contributed by atoms with Gasteiger partial charge in [0.25, 0.3) is 0 Å². The van der Waals surface area contributed by atoms with E-state index in [4.69, 9.17) is 18.6 Å². The normalized spacial score (nSPS) is 12.4. The zero-order valence-corrected chi connectivity index (χ0v) is 9.47. The number of carbonyl (C=O) groups is 1. The third-order valence-corrected chi connectivity index (χ3v) is 1.93. The molecule has 0 bridgehead atoms. The van der Waals surface area contributed by atoms with Crippen LogP contribution in [0.25, 0.3) is 0 Å². The van der Waals surface area contributed by atoms with Gasteiger partial charge in [0.15, 0.2) is 6.29 Å². The number of hydrogen-bond donors (Lipinski definition) is 0. The monoisotopic (exact) mass is 228 g/mol. The molecule has 1 rings (SSSR count). The Morgan fingerprint density at radius 3 is 2.94 bits per heavy atom. The number of furan rings is 1. The molecule has 90 valence electrons. The second-order valence-electron chi connectivity index (χ2n) is 3.15. The fourth-order valence-electron chi connectivity index (χ4n) is 1.04. The molecule has 0 aliphatic heterocycles. The molecule has 0 aromatic carbocycles. The first-order valence-corrected chi connectivity index (χ1v) is 5.04. The highest BCUT2D eigenvalue weighted by atomic mass is 16.7. The van der Waals surface area contributed by atoms with Crippen molar-refractivity contribution in [3.63, 3.8) is 0 Å².